The normalized spacial score (nSPS) is 16.4. The number of rotatable bonds is 2. The van der Waals surface area contributed by atoms with Crippen LogP contribution in [0.2, 0.25) is 0 Å². The van der Waals surface area contributed by atoms with Crippen LogP contribution in [0.3, 0.4) is 0 Å². The Morgan fingerprint density at radius 2 is 2.16 bits per heavy atom. The van der Waals surface area contributed by atoms with Crippen molar-refractivity contribution < 1.29 is 9.53 Å². The molecule has 1 fully saturated rings. The number of carbonyl (C=O) groups excluding carboxylic acids is 1. The number of nitriles is 1. The summed E-state index contributed by atoms with van der Waals surface area (Å²) in [6, 6.07) is 7.48. The SMILES string of the molecule is N#Cc1ccc2[nH]cc(C(=O)C3CCOCC3)c2c1. The van der Waals surface area contributed by atoms with Gasteiger partial charge in [-0.1, -0.05) is 0 Å². The Labute approximate surface area is 111 Å². The van der Waals surface area contributed by atoms with Crippen LogP contribution in [0.25, 0.3) is 10.9 Å². The lowest BCUT2D eigenvalue weighted by Gasteiger charge is -2.20. The molecule has 0 saturated carbocycles. The second-order valence-electron chi connectivity index (χ2n) is 4.83. The Hall–Kier alpha value is -2.12. The Kier molecular flexibility index (Phi) is 3.06. The van der Waals surface area contributed by atoms with Crippen molar-refractivity contribution in [3.05, 3.63) is 35.5 Å². The summed E-state index contributed by atoms with van der Waals surface area (Å²) in [5.74, 6) is 0.197. The van der Waals surface area contributed by atoms with Crippen molar-refractivity contribution in [2.45, 2.75) is 12.8 Å². The third-order valence-corrected chi connectivity index (χ3v) is 3.67. The lowest BCUT2D eigenvalue weighted by molar-refractivity contribution is 0.0546. The van der Waals surface area contributed by atoms with Crippen molar-refractivity contribution in [2.75, 3.05) is 13.2 Å². The largest absolute Gasteiger partial charge is 0.381 e. The van der Waals surface area contributed by atoms with Crippen LogP contribution >= 0.6 is 0 Å². The van der Waals surface area contributed by atoms with Gasteiger partial charge in [-0.15, -0.1) is 0 Å². The molecule has 2 aromatic rings. The number of Topliss-reactive ketones (excluding diaryl/α,β-unsaturated/α-hetero) is 1. The number of nitrogens with zero attached hydrogens (tertiary/aromatic N) is 1. The Morgan fingerprint density at radius 1 is 1.37 bits per heavy atom. The molecule has 4 nitrogen and oxygen atoms in total. The standard InChI is InChI=1S/C15H14N2O2/c16-8-10-1-2-14-12(7-10)13(9-17-14)15(18)11-3-5-19-6-4-11/h1-2,7,9,11,17H,3-6H2. The summed E-state index contributed by atoms with van der Waals surface area (Å²) in [6.07, 6.45) is 3.32. The fourth-order valence-electron chi connectivity index (χ4n) is 2.57. The predicted octanol–water partition coefficient (Wildman–Crippen LogP) is 2.65. The lowest BCUT2D eigenvalue weighted by atomic mass is 9.90. The second kappa shape index (κ2) is 4.87. The number of ketones is 1. The Morgan fingerprint density at radius 3 is 2.89 bits per heavy atom. The summed E-state index contributed by atoms with van der Waals surface area (Å²) in [7, 11) is 0. The third kappa shape index (κ3) is 2.13. The van der Waals surface area contributed by atoms with Gasteiger partial charge in [-0.25, -0.2) is 0 Å². The number of aromatic amines is 1. The number of aromatic nitrogens is 1. The maximum atomic E-state index is 12.5. The highest BCUT2D eigenvalue weighted by Gasteiger charge is 2.24. The monoisotopic (exact) mass is 254 g/mol. The van der Waals surface area contributed by atoms with Gasteiger partial charge in [0, 0.05) is 41.8 Å². The van der Waals surface area contributed by atoms with Crippen molar-refractivity contribution in [3.8, 4) is 6.07 Å². The number of ether oxygens (including phenoxy) is 1. The summed E-state index contributed by atoms with van der Waals surface area (Å²) >= 11 is 0. The summed E-state index contributed by atoms with van der Waals surface area (Å²) < 4.78 is 5.29. The van der Waals surface area contributed by atoms with E-state index in [0.717, 1.165) is 23.7 Å². The molecule has 0 amide bonds. The van der Waals surface area contributed by atoms with Gasteiger partial charge in [0.1, 0.15) is 0 Å². The van der Waals surface area contributed by atoms with E-state index in [2.05, 4.69) is 11.1 Å². The molecule has 1 N–H and O–H groups in total. The predicted molar refractivity (Wildman–Crippen MR) is 70.9 cm³/mol. The zero-order chi connectivity index (χ0) is 13.2. The van der Waals surface area contributed by atoms with E-state index in [4.69, 9.17) is 10.00 Å². The van der Waals surface area contributed by atoms with Crippen LogP contribution in [-0.2, 0) is 4.74 Å². The Balaban J connectivity index is 2.00. The van der Waals surface area contributed by atoms with E-state index in [1.54, 1.807) is 18.3 Å². The quantitative estimate of drug-likeness (QED) is 0.838. The van der Waals surface area contributed by atoms with Gasteiger partial charge in [0.15, 0.2) is 5.78 Å². The molecule has 1 saturated heterocycles. The van der Waals surface area contributed by atoms with E-state index in [1.807, 2.05) is 6.07 Å². The molecule has 0 bridgehead atoms. The number of H-pyrrole nitrogens is 1. The minimum atomic E-state index is 0.0403. The first-order valence-corrected chi connectivity index (χ1v) is 6.43. The van der Waals surface area contributed by atoms with Crippen LogP contribution in [0.4, 0.5) is 0 Å². The van der Waals surface area contributed by atoms with Crippen molar-refractivity contribution in [1.82, 2.24) is 4.98 Å². The van der Waals surface area contributed by atoms with Gasteiger partial charge >= 0.3 is 0 Å². The summed E-state index contributed by atoms with van der Waals surface area (Å²) in [5.41, 5.74) is 2.17. The molecule has 0 aliphatic carbocycles. The maximum absolute atomic E-state index is 12.5. The highest BCUT2D eigenvalue weighted by molar-refractivity contribution is 6.09. The van der Waals surface area contributed by atoms with Crippen LogP contribution in [0.5, 0.6) is 0 Å². The molecule has 1 aliphatic rings. The maximum Gasteiger partial charge on any atom is 0.168 e. The van der Waals surface area contributed by atoms with Crippen molar-refractivity contribution in [2.24, 2.45) is 5.92 Å². The molecular weight excluding hydrogens is 240 g/mol. The molecule has 3 rings (SSSR count). The number of carbonyl (C=O) groups is 1. The molecule has 0 unspecified atom stereocenters. The first-order valence-electron chi connectivity index (χ1n) is 6.43. The molecule has 96 valence electrons. The molecule has 19 heavy (non-hydrogen) atoms. The molecule has 1 aromatic heterocycles. The van der Waals surface area contributed by atoms with Gasteiger partial charge in [-0.2, -0.15) is 5.26 Å². The van der Waals surface area contributed by atoms with Crippen molar-refractivity contribution >= 4 is 16.7 Å². The van der Waals surface area contributed by atoms with E-state index in [9.17, 15) is 4.79 Å². The van der Waals surface area contributed by atoms with Crippen molar-refractivity contribution in [3.63, 3.8) is 0 Å². The molecule has 0 atom stereocenters. The van der Waals surface area contributed by atoms with E-state index in [0.29, 0.717) is 24.3 Å². The van der Waals surface area contributed by atoms with Gasteiger partial charge in [-0.3, -0.25) is 4.79 Å². The molecular formula is C15H14N2O2. The van der Waals surface area contributed by atoms with E-state index in [1.165, 1.54) is 0 Å². The number of hydrogen-bond donors (Lipinski definition) is 1. The van der Waals surface area contributed by atoms with Gasteiger partial charge in [-0.05, 0) is 31.0 Å². The minimum absolute atomic E-state index is 0.0403. The molecule has 1 aliphatic heterocycles. The molecule has 1 aromatic carbocycles. The summed E-state index contributed by atoms with van der Waals surface area (Å²) in [6.45, 7) is 1.31. The van der Waals surface area contributed by atoms with Crippen LogP contribution in [0.15, 0.2) is 24.4 Å². The molecule has 4 heteroatoms. The molecule has 2 heterocycles. The highest BCUT2D eigenvalue weighted by atomic mass is 16.5. The highest BCUT2D eigenvalue weighted by Crippen LogP contribution is 2.26. The minimum Gasteiger partial charge on any atom is -0.381 e. The van der Waals surface area contributed by atoms with Crippen LogP contribution < -0.4 is 0 Å². The zero-order valence-electron chi connectivity index (χ0n) is 10.5. The summed E-state index contributed by atoms with van der Waals surface area (Å²) in [5, 5.41) is 9.79. The van der Waals surface area contributed by atoms with Crippen LogP contribution in [0.1, 0.15) is 28.8 Å². The molecule has 0 spiro atoms. The average molecular weight is 254 g/mol. The smallest absolute Gasteiger partial charge is 0.168 e. The zero-order valence-corrected chi connectivity index (χ0v) is 10.5. The first-order chi connectivity index (χ1) is 9.29. The average Bonchev–Trinajstić information content (AvgIpc) is 2.90. The number of benzene rings is 1. The van der Waals surface area contributed by atoms with E-state index < -0.39 is 0 Å². The number of fused-ring (bicyclic) bond motifs is 1. The van der Waals surface area contributed by atoms with Crippen LogP contribution in [0, 0.1) is 17.2 Å². The van der Waals surface area contributed by atoms with E-state index in [-0.39, 0.29) is 11.7 Å². The Bertz CT molecular complexity index is 660. The topological polar surface area (TPSA) is 65.9 Å². The lowest BCUT2D eigenvalue weighted by Crippen LogP contribution is -2.23. The van der Waals surface area contributed by atoms with E-state index >= 15 is 0 Å². The third-order valence-electron chi connectivity index (χ3n) is 3.67. The summed E-state index contributed by atoms with van der Waals surface area (Å²) in [4.78, 5) is 15.6. The van der Waals surface area contributed by atoms with Gasteiger partial charge in [0.05, 0.1) is 11.6 Å². The second-order valence-corrected chi connectivity index (χ2v) is 4.83. The van der Waals surface area contributed by atoms with Gasteiger partial charge in [0.2, 0.25) is 0 Å². The van der Waals surface area contributed by atoms with Gasteiger partial charge in [0.25, 0.3) is 0 Å². The fourth-order valence-corrected chi connectivity index (χ4v) is 2.57. The molecule has 0 radical (unpaired) electrons. The number of nitrogens with one attached hydrogen (secondary N) is 1. The van der Waals surface area contributed by atoms with Crippen molar-refractivity contribution in [1.29, 1.82) is 5.26 Å². The van der Waals surface area contributed by atoms with Crippen LogP contribution in [-0.4, -0.2) is 24.0 Å². The number of hydrogen-bond acceptors (Lipinski definition) is 3. The first kappa shape index (κ1) is 11.9. The van der Waals surface area contributed by atoms with Gasteiger partial charge < -0.3 is 9.72 Å². The fraction of sp³-hybridized carbons (Fsp3) is 0.333.